The topological polar surface area (TPSA) is 31.2 Å². The van der Waals surface area contributed by atoms with E-state index in [0.29, 0.717) is 5.92 Å². The SMILES string of the molecule is COC(=O)C(c1ccc2ccn(C)c2c1)C1CC1. The molecule has 0 saturated heterocycles. The highest BCUT2D eigenvalue weighted by atomic mass is 16.5. The van der Waals surface area contributed by atoms with Gasteiger partial charge in [0.1, 0.15) is 0 Å². The summed E-state index contributed by atoms with van der Waals surface area (Å²) in [4.78, 5) is 11.9. The molecule has 1 atom stereocenters. The quantitative estimate of drug-likeness (QED) is 0.776. The number of hydrogen-bond acceptors (Lipinski definition) is 2. The molecule has 1 aromatic carbocycles. The van der Waals surface area contributed by atoms with Crippen LogP contribution in [0.1, 0.15) is 24.3 Å². The number of methoxy groups -OCH3 is 1. The lowest BCUT2D eigenvalue weighted by Crippen LogP contribution is -2.16. The summed E-state index contributed by atoms with van der Waals surface area (Å²) in [6.45, 7) is 0. The molecule has 1 aromatic heterocycles. The number of rotatable bonds is 3. The van der Waals surface area contributed by atoms with Crippen LogP contribution in [-0.4, -0.2) is 17.6 Å². The van der Waals surface area contributed by atoms with Crippen molar-refractivity contribution in [3.63, 3.8) is 0 Å². The lowest BCUT2D eigenvalue weighted by molar-refractivity contribution is -0.143. The van der Waals surface area contributed by atoms with Crippen LogP contribution in [-0.2, 0) is 16.6 Å². The first-order valence-corrected chi connectivity index (χ1v) is 6.33. The first kappa shape index (κ1) is 11.3. The zero-order valence-electron chi connectivity index (χ0n) is 10.7. The monoisotopic (exact) mass is 243 g/mol. The Bertz CT molecular complexity index is 596. The molecule has 1 heterocycles. The van der Waals surface area contributed by atoms with Crippen molar-refractivity contribution < 1.29 is 9.53 Å². The van der Waals surface area contributed by atoms with Crippen molar-refractivity contribution in [2.45, 2.75) is 18.8 Å². The van der Waals surface area contributed by atoms with Gasteiger partial charge in [-0.3, -0.25) is 4.79 Å². The fourth-order valence-corrected chi connectivity index (χ4v) is 2.63. The highest BCUT2D eigenvalue weighted by Crippen LogP contribution is 2.43. The Hall–Kier alpha value is -1.77. The molecule has 18 heavy (non-hydrogen) atoms. The van der Waals surface area contributed by atoms with Crippen LogP contribution < -0.4 is 0 Å². The van der Waals surface area contributed by atoms with Crippen molar-refractivity contribution in [2.75, 3.05) is 7.11 Å². The molecule has 3 nitrogen and oxygen atoms in total. The van der Waals surface area contributed by atoms with Gasteiger partial charge in [-0.15, -0.1) is 0 Å². The van der Waals surface area contributed by atoms with Crippen LogP contribution in [0.15, 0.2) is 30.5 Å². The van der Waals surface area contributed by atoms with Gasteiger partial charge in [-0.2, -0.15) is 0 Å². The number of ether oxygens (including phenoxy) is 1. The number of hydrogen-bond donors (Lipinski definition) is 0. The molecule has 1 aliphatic rings. The molecule has 3 rings (SSSR count). The first-order chi connectivity index (χ1) is 8.70. The second-order valence-corrected chi connectivity index (χ2v) is 5.08. The number of carbonyl (C=O) groups is 1. The largest absolute Gasteiger partial charge is 0.469 e. The Kier molecular flexibility index (Phi) is 2.62. The van der Waals surface area contributed by atoms with Crippen molar-refractivity contribution in [3.05, 3.63) is 36.0 Å². The maximum Gasteiger partial charge on any atom is 0.313 e. The van der Waals surface area contributed by atoms with Gasteiger partial charge in [-0.25, -0.2) is 0 Å². The average molecular weight is 243 g/mol. The van der Waals surface area contributed by atoms with E-state index in [1.807, 2.05) is 13.2 Å². The maximum absolute atomic E-state index is 11.9. The molecule has 3 heteroatoms. The Morgan fingerprint density at radius 1 is 1.39 bits per heavy atom. The maximum atomic E-state index is 11.9. The van der Waals surface area contributed by atoms with E-state index >= 15 is 0 Å². The summed E-state index contributed by atoms with van der Waals surface area (Å²) < 4.78 is 7.03. The smallest absolute Gasteiger partial charge is 0.313 e. The predicted octanol–water partition coefficient (Wildman–Crippen LogP) is 2.84. The minimum atomic E-state index is -0.106. The van der Waals surface area contributed by atoms with E-state index in [1.54, 1.807) is 0 Å². The van der Waals surface area contributed by atoms with E-state index in [0.717, 1.165) is 18.4 Å². The summed E-state index contributed by atoms with van der Waals surface area (Å²) >= 11 is 0. The number of nitrogens with zero attached hydrogens (tertiary/aromatic N) is 1. The van der Waals surface area contributed by atoms with Crippen LogP contribution in [0, 0.1) is 5.92 Å². The van der Waals surface area contributed by atoms with Gasteiger partial charge >= 0.3 is 5.97 Å². The van der Waals surface area contributed by atoms with Gasteiger partial charge in [0, 0.05) is 18.8 Å². The van der Waals surface area contributed by atoms with Crippen LogP contribution >= 0.6 is 0 Å². The van der Waals surface area contributed by atoms with Crippen molar-refractivity contribution in [2.24, 2.45) is 13.0 Å². The third kappa shape index (κ3) is 1.80. The van der Waals surface area contributed by atoms with E-state index < -0.39 is 0 Å². The van der Waals surface area contributed by atoms with E-state index in [-0.39, 0.29) is 11.9 Å². The van der Waals surface area contributed by atoms with E-state index in [4.69, 9.17) is 4.74 Å². The van der Waals surface area contributed by atoms with Crippen LogP contribution in [0.25, 0.3) is 10.9 Å². The highest BCUT2D eigenvalue weighted by Gasteiger charge is 2.38. The zero-order valence-corrected chi connectivity index (χ0v) is 10.7. The highest BCUT2D eigenvalue weighted by molar-refractivity contribution is 5.84. The number of aromatic nitrogens is 1. The molecule has 0 N–H and O–H groups in total. The van der Waals surface area contributed by atoms with Gasteiger partial charge < -0.3 is 9.30 Å². The number of aryl methyl sites for hydroxylation is 1. The Balaban J connectivity index is 2.05. The molecule has 0 aliphatic heterocycles. The summed E-state index contributed by atoms with van der Waals surface area (Å²) in [5.74, 6) is 0.274. The molecule has 1 aliphatic carbocycles. The number of benzene rings is 1. The summed E-state index contributed by atoms with van der Waals surface area (Å²) in [6, 6.07) is 8.35. The molecular formula is C15H17NO2. The van der Waals surface area contributed by atoms with Gasteiger partial charge in [0.25, 0.3) is 0 Å². The van der Waals surface area contributed by atoms with Gasteiger partial charge in [-0.1, -0.05) is 12.1 Å². The van der Waals surface area contributed by atoms with Gasteiger partial charge in [-0.05, 0) is 41.8 Å². The Morgan fingerprint density at radius 3 is 2.83 bits per heavy atom. The molecule has 0 amide bonds. The fourth-order valence-electron chi connectivity index (χ4n) is 2.63. The standard InChI is InChI=1S/C15H17NO2/c1-16-8-7-10-3-6-12(9-13(10)16)14(11-4-5-11)15(17)18-2/h3,6-9,11,14H,4-5H2,1-2H3. The molecule has 0 radical (unpaired) electrons. The Morgan fingerprint density at radius 2 is 2.17 bits per heavy atom. The number of esters is 1. The van der Waals surface area contributed by atoms with Crippen molar-refractivity contribution in [1.29, 1.82) is 0 Å². The predicted molar refractivity (Wildman–Crippen MR) is 70.4 cm³/mol. The van der Waals surface area contributed by atoms with Gasteiger partial charge in [0.2, 0.25) is 0 Å². The third-order valence-electron chi connectivity index (χ3n) is 3.82. The normalized spacial score (nSPS) is 16.8. The van der Waals surface area contributed by atoms with Crippen LogP contribution in [0.4, 0.5) is 0 Å². The molecule has 2 aromatic rings. The summed E-state index contributed by atoms with van der Waals surface area (Å²) in [5, 5.41) is 1.21. The molecule has 1 unspecified atom stereocenters. The molecular weight excluding hydrogens is 226 g/mol. The second-order valence-electron chi connectivity index (χ2n) is 5.08. The number of fused-ring (bicyclic) bond motifs is 1. The van der Waals surface area contributed by atoms with Crippen LogP contribution in [0.2, 0.25) is 0 Å². The zero-order chi connectivity index (χ0) is 12.7. The molecule has 0 spiro atoms. The number of carbonyl (C=O) groups excluding carboxylic acids is 1. The average Bonchev–Trinajstić information content (AvgIpc) is 3.15. The van der Waals surface area contributed by atoms with Crippen molar-refractivity contribution in [3.8, 4) is 0 Å². The molecule has 1 fully saturated rings. The summed E-state index contributed by atoms with van der Waals surface area (Å²) in [5.41, 5.74) is 2.25. The Labute approximate surface area is 106 Å². The van der Waals surface area contributed by atoms with Crippen molar-refractivity contribution >= 4 is 16.9 Å². The minimum Gasteiger partial charge on any atom is -0.469 e. The lowest BCUT2D eigenvalue weighted by Gasteiger charge is -2.14. The lowest BCUT2D eigenvalue weighted by atomic mass is 9.93. The minimum absolute atomic E-state index is 0.0886. The third-order valence-corrected chi connectivity index (χ3v) is 3.82. The molecule has 0 bridgehead atoms. The van der Waals surface area contributed by atoms with Gasteiger partial charge in [0.15, 0.2) is 0 Å². The molecule has 1 saturated carbocycles. The summed E-state index contributed by atoms with van der Waals surface area (Å²) in [7, 11) is 3.50. The fraction of sp³-hybridized carbons (Fsp3) is 0.400. The second kappa shape index (κ2) is 4.16. The van der Waals surface area contributed by atoms with Gasteiger partial charge in [0.05, 0.1) is 13.0 Å². The first-order valence-electron chi connectivity index (χ1n) is 6.33. The van der Waals surface area contributed by atoms with Crippen molar-refractivity contribution in [1.82, 2.24) is 4.57 Å². The molecule has 94 valence electrons. The van der Waals surface area contributed by atoms with Crippen LogP contribution in [0.5, 0.6) is 0 Å². The van der Waals surface area contributed by atoms with E-state index in [2.05, 4.69) is 28.8 Å². The van der Waals surface area contributed by atoms with E-state index in [9.17, 15) is 4.79 Å². The van der Waals surface area contributed by atoms with Crippen LogP contribution in [0.3, 0.4) is 0 Å². The summed E-state index contributed by atoms with van der Waals surface area (Å²) in [6.07, 6.45) is 4.30. The van der Waals surface area contributed by atoms with E-state index in [1.165, 1.54) is 18.0 Å².